The Kier molecular flexibility index (Phi) is 7.44. The van der Waals surface area contributed by atoms with Gasteiger partial charge in [-0.25, -0.2) is 4.39 Å². The molecule has 2 amide bonds. The van der Waals surface area contributed by atoms with Gasteiger partial charge in [-0.1, -0.05) is 36.4 Å². The lowest BCUT2D eigenvalue weighted by Crippen LogP contribution is -2.48. The molecule has 5 nitrogen and oxygen atoms in total. The molecule has 0 aliphatic carbocycles. The molecule has 0 aliphatic rings. The fraction of sp³-hybridized carbons (Fsp3) is 0.167. The van der Waals surface area contributed by atoms with Gasteiger partial charge in [0.15, 0.2) is 0 Å². The fourth-order valence-corrected chi connectivity index (χ4v) is 3.02. The van der Waals surface area contributed by atoms with E-state index in [1.54, 1.807) is 12.1 Å². The van der Waals surface area contributed by atoms with Crippen molar-refractivity contribution in [2.45, 2.75) is 18.8 Å². The second-order valence-electron chi connectivity index (χ2n) is 7.21. The Morgan fingerprint density at radius 3 is 1.91 bits per heavy atom. The minimum atomic E-state index is -4.42. The average Bonchev–Trinajstić information content (AvgIpc) is 2.81. The van der Waals surface area contributed by atoms with E-state index >= 15 is 0 Å². The Morgan fingerprint density at radius 1 is 0.848 bits per heavy atom. The average molecular weight is 460 g/mol. The number of aliphatic hydroxyl groups excluding tert-OH is 1. The number of aliphatic hydroxyl groups is 1. The van der Waals surface area contributed by atoms with Crippen molar-refractivity contribution >= 4 is 11.8 Å². The molecule has 33 heavy (non-hydrogen) atoms. The smallest absolute Gasteiger partial charge is 0.394 e. The van der Waals surface area contributed by atoms with E-state index in [-0.39, 0.29) is 12.1 Å². The normalized spacial score (nSPS) is 12.2. The van der Waals surface area contributed by atoms with Crippen molar-refractivity contribution in [2.75, 3.05) is 6.61 Å². The van der Waals surface area contributed by atoms with Crippen LogP contribution in [0.3, 0.4) is 0 Å². The number of nitrogens with one attached hydrogen (secondary N) is 2. The minimum Gasteiger partial charge on any atom is -0.394 e. The standard InChI is InChI=1S/C24H20F4N2O3/c25-20-11-1-15(2-12-20)13-29-23(33)21(14-31)30-22(32)18-5-3-16(4-6-18)17-7-9-19(10-8-17)24(26,27)28/h1-12,21,31H,13-14H2,(H,29,33)(H,30,32). The third-order valence-corrected chi connectivity index (χ3v) is 4.88. The second-order valence-corrected chi connectivity index (χ2v) is 7.21. The van der Waals surface area contributed by atoms with Crippen LogP contribution in [-0.2, 0) is 17.5 Å². The lowest BCUT2D eigenvalue weighted by atomic mass is 10.0. The molecule has 172 valence electrons. The summed E-state index contributed by atoms with van der Waals surface area (Å²) in [4.78, 5) is 24.7. The highest BCUT2D eigenvalue weighted by atomic mass is 19.4. The van der Waals surface area contributed by atoms with Crippen molar-refractivity contribution in [3.05, 3.63) is 95.3 Å². The van der Waals surface area contributed by atoms with Crippen molar-refractivity contribution < 1.29 is 32.3 Å². The molecule has 3 aromatic rings. The van der Waals surface area contributed by atoms with Gasteiger partial charge < -0.3 is 15.7 Å². The molecular weight excluding hydrogens is 440 g/mol. The topological polar surface area (TPSA) is 78.4 Å². The zero-order valence-corrected chi connectivity index (χ0v) is 17.2. The van der Waals surface area contributed by atoms with Crippen LogP contribution in [0.2, 0.25) is 0 Å². The van der Waals surface area contributed by atoms with Crippen LogP contribution in [0, 0.1) is 5.82 Å². The highest BCUT2D eigenvalue weighted by Gasteiger charge is 2.30. The van der Waals surface area contributed by atoms with E-state index in [9.17, 15) is 32.3 Å². The molecule has 3 aromatic carbocycles. The third kappa shape index (κ3) is 6.39. The third-order valence-electron chi connectivity index (χ3n) is 4.88. The van der Waals surface area contributed by atoms with Gasteiger partial charge in [0.2, 0.25) is 5.91 Å². The number of hydrogen-bond acceptors (Lipinski definition) is 3. The van der Waals surface area contributed by atoms with Gasteiger partial charge in [-0.2, -0.15) is 13.2 Å². The number of halogens is 4. The molecular formula is C24H20F4N2O3. The van der Waals surface area contributed by atoms with Crippen molar-refractivity contribution in [1.29, 1.82) is 0 Å². The van der Waals surface area contributed by atoms with Gasteiger partial charge in [-0.05, 0) is 53.1 Å². The highest BCUT2D eigenvalue weighted by Crippen LogP contribution is 2.31. The summed E-state index contributed by atoms with van der Waals surface area (Å²) < 4.78 is 51.0. The molecule has 0 radical (unpaired) electrons. The summed E-state index contributed by atoms with van der Waals surface area (Å²) in [6.45, 7) is -0.544. The molecule has 3 rings (SSSR count). The van der Waals surface area contributed by atoms with Crippen LogP contribution >= 0.6 is 0 Å². The number of benzene rings is 3. The Morgan fingerprint density at radius 2 is 1.39 bits per heavy atom. The van der Waals surface area contributed by atoms with E-state index < -0.39 is 42.0 Å². The number of hydrogen-bond donors (Lipinski definition) is 3. The number of alkyl halides is 3. The van der Waals surface area contributed by atoms with Gasteiger partial charge in [0.25, 0.3) is 5.91 Å². The molecule has 0 aliphatic heterocycles. The van der Waals surface area contributed by atoms with E-state index in [1.807, 2.05) is 0 Å². The van der Waals surface area contributed by atoms with Gasteiger partial charge in [0.05, 0.1) is 12.2 Å². The quantitative estimate of drug-likeness (QED) is 0.468. The van der Waals surface area contributed by atoms with Crippen molar-refractivity contribution in [1.82, 2.24) is 10.6 Å². The number of carbonyl (C=O) groups is 2. The van der Waals surface area contributed by atoms with Crippen LogP contribution < -0.4 is 10.6 Å². The SMILES string of the molecule is O=C(NC(CO)C(=O)NCc1ccc(F)cc1)c1ccc(-c2ccc(C(F)(F)F)cc2)cc1. The van der Waals surface area contributed by atoms with E-state index in [2.05, 4.69) is 10.6 Å². The maximum atomic E-state index is 12.9. The molecule has 0 aromatic heterocycles. The molecule has 1 unspecified atom stereocenters. The minimum absolute atomic E-state index is 0.0906. The van der Waals surface area contributed by atoms with E-state index in [1.165, 1.54) is 48.5 Å². The zero-order chi connectivity index (χ0) is 24.0. The summed E-state index contributed by atoms with van der Waals surface area (Å²) in [6.07, 6.45) is -4.42. The Bertz CT molecular complexity index is 1100. The van der Waals surface area contributed by atoms with Crippen molar-refractivity contribution in [3.63, 3.8) is 0 Å². The van der Waals surface area contributed by atoms with Crippen LogP contribution in [0.25, 0.3) is 11.1 Å². The molecule has 0 heterocycles. The molecule has 0 saturated heterocycles. The maximum Gasteiger partial charge on any atom is 0.416 e. The maximum absolute atomic E-state index is 12.9. The van der Waals surface area contributed by atoms with E-state index in [0.29, 0.717) is 16.7 Å². The first kappa shape index (κ1) is 23.9. The summed E-state index contributed by atoms with van der Waals surface area (Å²) >= 11 is 0. The van der Waals surface area contributed by atoms with Crippen LogP contribution in [0.1, 0.15) is 21.5 Å². The monoisotopic (exact) mass is 460 g/mol. The Balaban J connectivity index is 1.60. The molecule has 9 heteroatoms. The summed E-state index contributed by atoms with van der Waals surface area (Å²) in [6, 6.07) is 15.0. The first-order valence-corrected chi connectivity index (χ1v) is 9.89. The number of rotatable bonds is 7. The molecule has 3 N–H and O–H groups in total. The largest absolute Gasteiger partial charge is 0.416 e. The van der Waals surface area contributed by atoms with E-state index in [4.69, 9.17) is 0 Å². The number of amides is 2. The molecule has 0 spiro atoms. The molecule has 1 atom stereocenters. The summed E-state index contributed by atoms with van der Waals surface area (Å²) in [5.74, 6) is -1.63. The highest BCUT2D eigenvalue weighted by molar-refractivity contribution is 5.98. The summed E-state index contributed by atoms with van der Waals surface area (Å²) in [5.41, 5.74) is 1.25. The first-order chi connectivity index (χ1) is 15.7. The Hall–Kier alpha value is -3.72. The lowest BCUT2D eigenvalue weighted by molar-refractivity contribution is -0.137. The molecule has 0 fully saturated rings. The summed E-state index contributed by atoms with van der Waals surface area (Å²) in [5, 5.41) is 14.5. The van der Waals surface area contributed by atoms with E-state index in [0.717, 1.165) is 12.1 Å². The van der Waals surface area contributed by atoms with Crippen molar-refractivity contribution in [3.8, 4) is 11.1 Å². The van der Waals surface area contributed by atoms with Gasteiger partial charge in [-0.15, -0.1) is 0 Å². The predicted molar refractivity (Wildman–Crippen MR) is 113 cm³/mol. The van der Waals surface area contributed by atoms with Gasteiger partial charge in [0.1, 0.15) is 11.9 Å². The van der Waals surface area contributed by atoms with Crippen LogP contribution in [-0.4, -0.2) is 29.6 Å². The fourth-order valence-electron chi connectivity index (χ4n) is 3.02. The second kappa shape index (κ2) is 10.3. The van der Waals surface area contributed by atoms with Gasteiger partial charge >= 0.3 is 6.18 Å². The predicted octanol–water partition coefficient (Wildman–Crippen LogP) is 3.92. The lowest BCUT2D eigenvalue weighted by Gasteiger charge is -2.16. The first-order valence-electron chi connectivity index (χ1n) is 9.89. The van der Waals surface area contributed by atoms with Crippen molar-refractivity contribution in [2.24, 2.45) is 0 Å². The van der Waals surface area contributed by atoms with Crippen LogP contribution in [0.4, 0.5) is 17.6 Å². The Labute approximate surface area is 187 Å². The summed E-state index contributed by atoms with van der Waals surface area (Å²) in [7, 11) is 0. The van der Waals surface area contributed by atoms with Crippen LogP contribution in [0.5, 0.6) is 0 Å². The zero-order valence-electron chi connectivity index (χ0n) is 17.2. The van der Waals surface area contributed by atoms with Gasteiger partial charge in [0, 0.05) is 12.1 Å². The molecule has 0 bridgehead atoms. The molecule has 0 saturated carbocycles. The van der Waals surface area contributed by atoms with Crippen LogP contribution in [0.15, 0.2) is 72.8 Å². The van der Waals surface area contributed by atoms with Gasteiger partial charge in [-0.3, -0.25) is 9.59 Å². The number of carbonyl (C=O) groups excluding carboxylic acids is 2.